The second-order valence-electron chi connectivity index (χ2n) is 9.82. The first kappa shape index (κ1) is 23.2. The van der Waals surface area contributed by atoms with Crippen LogP contribution in [0.15, 0.2) is 59.4 Å². The zero-order chi connectivity index (χ0) is 23.3. The summed E-state index contributed by atoms with van der Waals surface area (Å²) in [5.41, 5.74) is 6.72. The van der Waals surface area contributed by atoms with Gasteiger partial charge in [-0.15, -0.1) is 9.24 Å². The lowest BCUT2D eigenvalue weighted by Crippen LogP contribution is -2.21. The van der Waals surface area contributed by atoms with E-state index in [0.29, 0.717) is 18.2 Å². The number of aromatic nitrogens is 2. The van der Waals surface area contributed by atoms with Crippen molar-refractivity contribution in [3.8, 4) is 0 Å². The van der Waals surface area contributed by atoms with E-state index in [2.05, 4.69) is 44.9 Å². The van der Waals surface area contributed by atoms with Gasteiger partial charge in [0, 0.05) is 12.0 Å². The normalized spacial score (nSPS) is 18.1. The Bertz CT molecular complexity index is 1140. The largest absolute Gasteiger partial charge is 0.309 e. The van der Waals surface area contributed by atoms with Crippen LogP contribution in [0.2, 0.25) is 0 Å². The number of hydrogen-bond acceptors (Lipinski definition) is 3. The van der Waals surface area contributed by atoms with Gasteiger partial charge in [0.15, 0.2) is 5.82 Å². The van der Waals surface area contributed by atoms with Crippen LogP contribution in [0.1, 0.15) is 74.0 Å². The summed E-state index contributed by atoms with van der Waals surface area (Å²) in [5.74, 6) is 1.33. The van der Waals surface area contributed by atoms with E-state index < -0.39 is 0 Å². The number of nitrogens with one attached hydrogen (secondary N) is 1. The number of allylic oxidation sites excluding steroid dienone is 6. The van der Waals surface area contributed by atoms with Crippen molar-refractivity contribution in [3.63, 3.8) is 0 Å². The summed E-state index contributed by atoms with van der Waals surface area (Å²) >= 11 is 0. The highest BCUT2D eigenvalue weighted by Gasteiger charge is 2.25. The summed E-state index contributed by atoms with van der Waals surface area (Å²) in [4.78, 5) is 23.1. The average Bonchev–Trinajstić information content (AvgIpc) is 3.05. The molecule has 1 heterocycles. The van der Waals surface area contributed by atoms with Gasteiger partial charge >= 0.3 is 0 Å². The van der Waals surface area contributed by atoms with Gasteiger partial charge in [-0.3, -0.25) is 4.79 Å². The van der Waals surface area contributed by atoms with Gasteiger partial charge in [0.05, 0.1) is 17.1 Å². The molecular formula is C29H34N3OP. The van der Waals surface area contributed by atoms with Crippen LogP contribution in [0.25, 0.3) is 5.57 Å². The number of amides is 1. The van der Waals surface area contributed by atoms with Crippen LogP contribution >= 0.6 is 9.24 Å². The lowest BCUT2D eigenvalue weighted by atomic mass is 9.85. The minimum Gasteiger partial charge on any atom is -0.309 e. The Balaban J connectivity index is 1.43. The summed E-state index contributed by atoms with van der Waals surface area (Å²) in [6, 6.07) is 10.2. The predicted molar refractivity (Wildman–Crippen MR) is 142 cm³/mol. The molecule has 5 rings (SSSR count). The topological polar surface area (TPSA) is 54.9 Å². The fourth-order valence-corrected chi connectivity index (χ4v) is 5.71. The lowest BCUT2D eigenvalue weighted by molar-refractivity contribution is -0.116. The molecule has 4 nitrogen and oxygen atoms in total. The van der Waals surface area contributed by atoms with Crippen LogP contribution in [-0.2, 0) is 24.1 Å². The third kappa shape index (κ3) is 5.55. The Morgan fingerprint density at radius 1 is 1.06 bits per heavy atom. The number of carbonyl (C=O) groups excluding carboxylic acids is 1. The highest BCUT2D eigenvalue weighted by molar-refractivity contribution is 7.22. The molecule has 3 aliphatic carbocycles. The van der Waals surface area contributed by atoms with Crippen molar-refractivity contribution in [2.24, 2.45) is 5.92 Å². The van der Waals surface area contributed by atoms with Gasteiger partial charge in [0.25, 0.3) is 0 Å². The highest BCUT2D eigenvalue weighted by Crippen LogP contribution is 2.37. The number of aryl methyl sites for hydroxylation is 2. The highest BCUT2D eigenvalue weighted by atomic mass is 31.0. The minimum absolute atomic E-state index is 0.0173. The SMILES string of the molecule is O=C(CCc1ccccc1)Nc1nc2c(nc1CC1CCCCC1)C1=C(C=C(P)CC=C1)CC2. The first-order valence-corrected chi connectivity index (χ1v) is 13.3. The first-order chi connectivity index (χ1) is 16.7. The van der Waals surface area contributed by atoms with Crippen LogP contribution in [-0.4, -0.2) is 15.9 Å². The number of anilines is 1. The smallest absolute Gasteiger partial charge is 0.225 e. The number of fused-ring (bicyclic) bond motifs is 2. The van der Waals surface area contributed by atoms with Gasteiger partial charge < -0.3 is 5.32 Å². The standard InChI is InChI=1S/C29H34N3OP/c33-27(17-14-20-8-3-1-4-9-20)32-29-26(18-21-10-5-2-6-11-21)30-28-24-13-7-12-23(34)19-22(24)15-16-25(28)31-29/h1,3-4,7-9,13,19,21H,2,5-6,10-12,14-18,34H2,(H,31,32,33). The van der Waals surface area contributed by atoms with Crippen molar-refractivity contribution in [2.75, 3.05) is 5.32 Å². The van der Waals surface area contributed by atoms with E-state index in [4.69, 9.17) is 9.97 Å². The summed E-state index contributed by atoms with van der Waals surface area (Å²) < 4.78 is 0. The van der Waals surface area contributed by atoms with E-state index in [1.807, 2.05) is 18.2 Å². The number of hydrogen-bond donors (Lipinski definition) is 1. The quantitative estimate of drug-likeness (QED) is 0.484. The van der Waals surface area contributed by atoms with Crippen molar-refractivity contribution < 1.29 is 4.79 Å². The van der Waals surface area contributed by atoms with Crippen LogP contribution in [0.4, 0.5) is 5.82 Å². The summed E-state index contributed by atoms with van der Waals surface area (Å²) in [6.45, 7) is 0. The summed E-state index contributed by atoms with van der Waals surface area (Å²) in [6.07, 6.45) is 18.0. The van der Waals surface area contributed by atoms with Crippen LogP contribution < -0.4 is 5.32 Å². The molecule has 0 saturated heterocycles. The second kappa shape index (κ2) is 10.8. The maximum Gasteiger partial charge on any atom is 0.225 e. The predicted octanol–water partition coefficient (Wildman–Crippen LogP) is 6.59. The molecule has 1 unspecified atom stereocenters. The molecule has 34 heavy (non-hydrogen) atoms. The molecule has 3 aliphatic rings. The second-order valence-corrected chi connectivity index (χ2v) is 10.6. The Hall–Kier alpha value is -2.58. The molecule has 1 N–H and O–H groups in total. The van der Waals surface area contributed by atoms with Gasteiger partial charge in [-0.05, 0) is 54.5 Å². The molecule has 1 saturated carbocycles. The molecule has 1 fully saturated rings. The molecule has 0 bridgehead atoms. The fourth-order valence-electron chi connectivity index (χ4n) is 5.37. The number of nitrogens with zero attached hydrogens (tertiary/aromatic N) is 2. The van der Waals surface area contributed by atoms with E-state index in [1.54, 1.807) is 0 Å². The zero-order valence-corrected chi connectivity index (χ0v) is 21.0. The Morgan fingerprint density at radius 2 is 1.88 bits per heavy atom. The summed E-state index contributed by atoms with van der Waals surface area (Å²) in [7, 11) is 2.86. The third-order valence-corrected chi connectivity index (χ3v) is 7.62. The molecular weight excluding hydrogens is 437 g/mol. The Labute approximate surface area is 205 Å². The van der Waals surface area contributed by atoms with E-state index in [-0.39, 0.29) is 5.91 Å². The van der Waals surface area contributed by atoms with Crippen molar-refractivity contribution >= 4 is 26.5 Å². The van der Waals surface area contributed by atoms with E-state index >= 15 is 0 Å². The van der Waals surface area contributed by atoms with E-state index in [0.717, 1.165) is 49.2 Å². The summed E-state index contributed by atoms with van der Waals surface area (Å²) in [5, 5.41) is 4.46. The Kier molecular flexibility index (Phi) is 7.35. The van der Waals surface area contributed by atoms with Crippen molar-refractivity contribution in [1.29, 1.82) is 0 Å². The molecule has 1 aromatic heterocycles. The molecule has 5 heteroatoms. The molecule has 2 aromatic rings. The maximum atomic E-state index is 12.9. The average molecular weight is 472 g/mol. The fraction of sp³-hybridized carbons (Fsp3) is 0.414. The first-order valence-electron chi connectivity index (χ1n) is 12.8. The van der Waals surface area contributed by atoms with Crippen molar-refractivity contribution in [2.45, 2.75) is 70.6 Å². The van der Waals surface area contributed by atoms with Gasteiger partial charge in [0.1, 0.15) is 0 Å². The van der Waals surface area contributed by atoms with E-state index in [9.17, 15) is 4.79 Å². The van der Waals surface area contributed by atoms with Crippen LogP contribution in [0.3, 0.4) is 0 Å². The molecule has 1 aromatic carbocycles. The van der Waals surface area contributed by atoms with E-state index in [1.165, 1.54) is 54.1 Å². The van der Waals surface area contributed by atoms with Crippen LogP contribution in [0, 0.1) is 5.92 Å². The van der Waals surface area contributed by atoms with Crippen LogP contribution in [0.5, 0.6) is 0 Å². The zero-order valence-electron chi connectivity index (χ0n) is 19.9. The molecule has 0 radical (unpaired) electrons. The number of benzene rings is 1. The molecule has 176 valence electrons. The van der Waals surface area contributed by atoms with Crippen molar-refractivity contribution in [1.82, 2.24) is 9.97 Å². The van der Waals surface area contributed by atoms with Gasteiger partial charge in [-0.1, -0.05) is 80.7 Å². The maximum absolute atomic E-state index is 12.9. The van der Waals surface area contributed by atoms with Gasteiger partial charge in [-0.2, -0.15) is 0 Å². The lowest BCUT2D eigenvalue weighted by Gasteiger charge is -2.24. The third-order valence-electron chi connectivity index (χ3n) is 7.22. The van der Waals surface area contributed by atoms with Gasteiger partial charge in [-0.25, -0.2) is 9.97 Å². The molecule has 0 spiro atoms. The number of carbonyl (C=O) groups is 1. The monoisotopic (exact) mass is 471 g/mol. The molecule has 1 atom stereocenters. The minimum atomic E-state index is 0.0173. The van der Waals surface area contributed by atoms with Gasteiger partial charge in [0.2, 0.25) is 5.91 Å². The molecule has 0 aliphatic heterocycles. The molecule has 1 amide bonds. The van der Waals surface area contributed by atoms with Crippen molar-refractivity contribution in [3.05, 3.63) is 82.1 Å². The Morgan fingerprint density at radius 3 is 2.71 bits per heavy atom. The number of rotatable bonds is 6.